The zero-order valence-corrected chi connectivity index (χ0v) is 13.8. The molecule has 0 radical (unpaired) electrons. The van der Waals surface area contributed by atoms with Crippen LogP contribution in [0.3, 0.4) is 0 Å². The second-order valence-electron chi connectivity index (χ2n) is 6.46. The van der Waals surface area contributed by atoms with E-state index < -0.39 is 0 Å². The van der Waals surface area contributed by atoms with Gasteiger partial charge in [-0.2, -0.15) is 0 Å². The van der Waals surface area contributed by atoms with Crippen molar-refractivity contribution in [2.75, 3.05) is 13.1 Å². The van der Waals surface area contributed by atoms with E-state index in [1.807, 2.05) is 0 Å². The number of unbranched alkanes of at least 4 members (excludes halogenated alkanes) is 7. The van der Waals surface area contributed by atoms with Gasteiger partial charge in [0.2, 0.25) is 5.91 Å². The largest absolute Gasteiger partial charge is 0.341 e. The minimum Gasteiger partial charge on any atom is -0.341 e. The third-order valence-corrected chi connectivity index (χ3v) is 4.11. The zero-order valence-electron chi connectivity index (χ0n) is 13.8. The van der Waals surface area contributed by atoms with Gasteiger partial charge in [0.15, 0.2) is 0 Å². The molecule has 0 aromatic rings. The minimum absolute atomic E-state index is 0.0732. The normalized spacial score (nSPS) is 19.3. The van der Waals surface area contributed by atoms with Crippen LogP contribution in [0.5, 0.6) is 0 Å². The van der Waals surface area contributed by atoms with Crippen LogP contribution < -0.4 is 5.32 Å². The van der Waals surface area contributed by atoms with Gasteiger partial charge in [-0.05, 0) is 12.8 Å². The Morgan fingerprint density at radius 1 is 1.10 bits per heavy atom. The van der Waals surface area contributed by atoms with Gasteiger partial charge in [-0.15, -0.1) is 0 Å². The highest BCUT2D eigenvalue weighted by Crippen LogP contribution is 2.14. The molecule has 1 unspecified atom stereocenters. The summed E-state index contributed by atoms with van der Waals surface area (Å²) in [7, 11) is 0. The van der Waals surface area contributed by atoms with Crippen LogP contribution in [0.2, 0.25) is 0 Å². The topological polar surface area (TPSA) is 32.3 Å². The summed E-state index contributed by atoms with van der Waals surface area (Å²) in [5.41, 5.74) is 0. The van der Waals surface area contributed by atoms with E-state index in [1.165, 1.54) is 51.4 Å². The van der Waals surface area contributed by atoms with Crippen molar-refractivity contribution in [1.82, 2.24) is 10.2 Å². The molecule has 0 spiro atoms. The van der Waals surface area contributed by atoms with Crippen molar-refractivity contribution in [3.05, 3.63) is 0 Å². The summed E-state index contributed by atoms with van der Waals surface area (Å²) in [6.45, 7) is 8.38. The molecule has 20 heavy (non-hydrogen) atoms. The maximum atomic E-state index is 12.1. The van der Waals surface area contributed by atoms with E-state index in [0.29, 0.717) is 11.9 Å². The van der Waals surface area contributed by atoms with Crippen molar-refractivity contribution in [1.29, 1.82) is 0 Å². The molecule has 1 saturated heterocycles. The van der Waals surface area contributed by atoms with Gasteiger partial charge >= 0.3 is 0 Å². The molecule has 1 amide bonds. The highest BCUT2D eigenvalue weighted by molar-refractivity contribution is 5.83. The summed E-state index contributed by atoms with van der Waals surface area (Å²) in [5, 5.41) is 3.36. The maximum absolute atomic E-state index is 12.1. The summed E-state index contributed by atoms with van der Waals surface area (Å²) in [6, 6.07) is 0.469. The van der Waals surface area contributed by atoms with E-state index in [9.17, 15) is 4.79 Å². The molecule has 0 saturated carbocycles. The highest BCUT2D eigenvalue weighted by Gasteiger charge is 2.30. The number of nitrogens with zero attached hydrogens (tertiary/aromatic N) is 1. The monoisotopic (exact) mass is 282 g/mol. The third-order valence-electron chi connectivity index (χ3n) is 4.11. The van der Waals surface area contributed by atoms with Gasteiger partial charge < -0.3 is 10.2 Å². The van der Waals surface area contributed by atoms with E-state index >= 15 is 0 Å². The summed E-state index contributed by atoms with van der Waals surface area (Å²) >= 11 is 0. The second kappa shape index (κ2) is 10.2. The quantitative estimate of drug-likeness (QED) is 0.586. The first kappa shape index (κ1) is 17.5. The van der Waals surface area contributed by atoms with E-state index in [1.54, 1.807) is 0 Å². The Morgan fingerprint density at radius 2 is 1.70 bits per heavy atom. The van der Waals surface area contributed by atoms with E-state index in [0.717, 1.165) is 19.5 Å². The Balaban J connectivity index is 2.01. The molecule has 1 N–H and O–H groups in total. The lowest BCUT2D eigenvalue weighted by Crippen LogP contribution is -2.41. The summed E-state index contributed by atoms with van der Waals surface area (Å²) in [5.74, 6) is 0.321. The van der Waals surface area contributed by atoms with Crippen molar-refractivity contribution in [2.24, 2.45) is 0 Å². The smallest absolute Gasteiger partial charge is 0.239 e. The van der Waals surface area contributed by atoms with Crippen LogP contribution in [0.15, 0.2) is 0 Å². The molecule has 1 fully saturated rings. The van der Waals surface area contributed by atoms with Crippen LogP contribution in [0.25, 0.3) is 0 Å². The van der Waals surface area contributed by atoms with Crippen LogP contribution in [0.4, 0.5) is 0 Å². The first-order valence-corrected chi connectivity index (χ1v) is 8.70. The van der Waals surface area contributed by atoms with E-state index in [4.69, 9.17) is 0 Å². The molecule has 0 bridgehead atoms. The van der Waals surface area contributed by atoms with Crippen LogP contribution in [-0.2, 0) is 4.79 Å². The van der Waals surface area contributed by atoms with Gasteiger partial charge in [0.25, 0.3) is 0 Å². The summed E-state index contributed by atoms with van der Waals surface area (Å²) in [6.07, 6.45) is 11.6. The lowest BCUT2D eigenvalue weighted by Gasteiger charge is -2.18. The van der Waals surface area contributed by atoms with Crippen molar-refractivity contribution in [3.63, 3.8) is 0 Å². The van der Waals surface area contributed by atoms with Gasteiger partial charge in [-0.3, -0.25) is 4.79 Å². The molecule has 1 aliphatic rings. The maximum Gasteiger partial charge on any atom is 0.239 e. The van der Waals surface area contributed by atoms with Crippen LogP contribution in [0, 0.1) is 0 Å². The number of nitrogens with one attached hydrogen (secondary N) is 1. The van der Waals surface area contributed by atoms with E-state index in [-0.39, 0.29) is 6.04 Å². The van der Waals surface area contributed by atoms with Crippen molar-refractivity contribution in [3.8, 4) is 0 Å². The van der Waals surface area contributed by atoms with Gasteiger partial charge in [0.1, 0.15) is 0 Å². The standard InChI is InChI=1S/C17H34N2O/c1-4-5-6-7-8-9-10-11-13-19-14-12-16(17(19)20)18-15(2)3/h15-16,18H,4-14H2,1-3H3. The molecular weight excluding hydrogens is 248 g/mol. The average molecular weight is 282 g/mol. The number of hydrogen-bond donors (Lipinski definition) is 1. The number of carbonyl (C=O) groups excluding carboxylic acids is 1. The molecule has 1 aliphatic heterocycles. The molecule has 0 aromatic heterocycles. The van der Waals surface area contributed by atoms with Gasteiger partial charge in [0.05, 0.1) is 6.04 Å². The molecule has 118 valence electrons. The Labute approximate surface area is 125 Å². The fourth-order valence-corrected chi connectivity index (χ4v) is 2.95. The van der Waals surface area contributed by atoms with Gasteiger partial charge in [-0.25, -0.2) is 0 Å². The average Bonchev–Trinajstić information content (AvgIpc) is 2.74. The number of likely N-dealkylation sites (tertiary alicyclic amines) is 1. The SMILES string of the molecule is CCCCCCCCCCN1CCC(NC(C)C)C1=O. The first-order valence-electron chi connectivity index (χ1n) is 8.70. The van der Waals surface area contributed by atoms with E-state index in [2.05, 4.69) is 31.0 Å². The van der Waals surface area contributed by atoms with Crippen LogP contribution in [0.1, 0.15) is 78.6 Å². The third kappa shape index (κ3) is 6.74. The van der Waals surface area contributed by atoms with Crippen LogP contribution >= 0.6 is 0 Å². The molecule has 3 heteroatoms. The Bertz CT molecular complexity index is 266. The van der Waals surface area contributed by atoms with Gasteiger partial charge in [-0.1, -0.05) is 65.7 Å². The fraction of sp³-hybridized carbons (Fsp3) is 0.941. The lowest BCUT2D eigenvalue weighted by atomic mass is 10.1. The Morgan fingerprint density at radius 3 is 2.30 bits per heavy atom. The molecule has 3 nitrogen and oxygen atoms in total. The van der Waals surface area contributed by atoms with Crippen molar-refractivity contribution < 1.29 is 4.79 Å². The molecule has 0 aliphatic carbocycles. The highest BCUT2D eigenvalue weighted by atomic mass is 16.2. The first-order chi connectivity index (χ1) is 9.65. The Kier molecular flexibility index (Phi) is 8.92. The minimum atomic E-state index is 0.0732. The predicted octanol–water partition coefficient (Wildman–Crippen LogP) is 3.73. The molecule has 1 atom stereocenters. The molecule has 0 aromatic carbocycles. The van der Waals surface area contributed by atoms with Crippen molar-refractivity contribution in [2.45, 2.75) is 90.6 Å². The second-order valence-corrected chi connectivity index (χ2v) is 6.46. The number of amides is 1. The number of rotatable bonds is 11. The predicted molar refractivity (Wildman–Crippen MR) is 85.9 cm³/mol. The summed E-state index contributed by atoms with van der Waals surface area (Å²) < 4.78 is 0. The zero-order chi connectivity index (χ0) is 14.8. The molecular formula is C17H34N2O. The Hall–Kier alpha value is -0.570. The van der Waals surface area contributed by atoms with Crippen LogP contribution in [-0.4, -0.2) is 36.0 Å². The number of hydrogen-bond acceptors (Lipinski definition) is 2. The number of carbonyl (C=O) groups is 1. The fourth-order valence-electron chi connectivity index (χ4n) is 2.95. The molecule has 1 heterocycles. The molecule has 1 rings (SSSR count). The summed E-state index contributed by atoms with van der Waals surface area (Å²) in [4.78, 5) is 14.2. The van der Waals surface area contributed by atoms with Crippen molar-refractivity contribution >= 4 is 5.91 Å². The lowest BCUT2D eigenvalue weighted by molar-refractivity contribution is -0.129. The van der Waals surface area contributed by atoms with Gasteiger partial charge in [0, 0.05) is 19.1 Å².